The van der Waals surface area contributed by atoms with E-state index in [1.165, 1.54) is 0 Å². The molecule has 5 heteroatoms. The molecule has 1 aromatic carbocycles. The second-order valence-electron chi connectivity index (χ2n) is 3.04. The predicted octanol–water partition coefficient (Wildman–Crippen LogP) is 0.842. The highest BCUT2D eigenvalue weighted by Gasteiger charge is 2.04. The molecule has 1 rings (SSSR count). The van der Waals surface area contributed by atoms with Gasteiger partial charge in [0, 0.05) is 28.5 Å². The van der Waals surface area contributed by atoms with Crippen molar-refractivity contribution in [1.29, 1.82) is 0 Å². The molecule has 5 N–H and O–H groups in total. The van der Waals surface area contributed by atoms with Crippen LogP contribution in [0.2, 0.25) is 0 Å². The molecule has 0 spiro atoms. The van der Waals surface area contributed by atoms with Gasteiger partial charge in [0.05, 0.1) is 0 Å². The summed E-state index contributed by atoms with van der Waals surface area (Å²) in [6, 6.07) is 5.00. The fourth-order valence-electron chi connectivity index (χ4n) is 1.08. The van der Waals surface area contributed by atoms with E-state index in [1.54, 1.807) is 30.0 Å². The molecule has 0 aliphatic heterocycles. The molecule has 0 saturated heterocycles. The highest BCUT2D eigenvalue weighted by Crippen LogP contribution is 2.26. The summed E-state index contributed by atoms with van der Waals surface area (Å²) in [6.45, 7) is 0.173. The molecular formula is C10H14N2O2S. The minimum Gasteiger partial charge on any atom is -0.398 e. The van der Waals surface area contributed by atoms with Gasteiger partial charge in [-0.3, -0.25) is 4.79 Å². The number of anilines is 1. The molecule has 0 radical (unpaired) electrons. The van der Waals surface area contributed by atoms with Gasteiger partial charge in [0.25, 0.3) is 0 Å². The zero-order chi connectivity index (χ0) is 11.3. The van der Waals surface area contributed by atoms with Crippen molar-refractivity contribution < 1.29 is 9.90 Å². The minimum absolute atomic E-state index is 0.173. The maximum Gasteiger partial charge on any atom is 0.248 e. The molecule has 0 atom stereocenters. The number of aliphatic hydroxyl groups excluding tert-OH is 1. The van der Waals surface area contributed by atoms with Crippen molar-refractivity contribution in [2.24, 2.45) is 5.73 Å². The Morgan fingerprint density at radius 2 is 2.20 bits per heavy atom. The molecule has 1 amide bonds. The van der Waals surface area contributed by atoms with E-state index >= 15 is 0 Å². The van der Waals surface area contributed by atoms with Gasteiger partial charge in [-0.15, -0.1) is 11.8 Å². The Morgan fingerprint density at radius 3 is 2.73 bits per heavy atom. The number of nitrogens with two attached hydrogens (primary N) is 2. The third-order valence-corrected chi connectivity index (χ3v) is 3.03. The number of rotatable bonds is 5. The highest BCUT2D eigenvalue weighted by molar-refractivity contribution is 7.99. The summed E-state index contributed by atoms with van der Waals surface area (Å²) in [4.78, 5) is 11.8. The Hall–Kier alpha value is -1.20. The minimum atomic E-state index is -0.478. The molecule has 0 heterocycles. The van der Waals surface area contributed by atoms with Crippen molar-refractivity contribution in [3.63, 3.8) is 0 Å². The van der Waals surface area contributed by atoms with Crippen molar-refractivity contribution in [3.8, 4) is 0 Å². The first-order chi connectivity index (χ1) is 7.15. The number of carbonyl (C=O) groups excluding carboxylic acids is 1. The monoisotopic (exact) mass is 226 g/mol. The molecule has 4 nitrogen and oxygen atoms in total. The van der Waals surface area contributed by atoms with Gasteiger partial charge in [-0.2, -0.15) is 0 Å². The number of nitrogen functional groups attached to an aromatic ring is 1. The van der Waals surface area contributed by atoms with E-state index < -0.39 is 5.91 Å². The quantitative estimate of drug-likeness (QED) is 0.394. The van der Waals surface area contributed by atoms with Crippen molar-refractivity contribution in [2.45, 2.75) is 11.3 Å². The van der Waals surface area contributed by atoms with E-state index in [1.807, 2.05) is 0 Å². The Balaban J connectivity index is 2.70. The second-order valence-corrected chi connectivity index (χ2v) is 4.18. The number of amides is 1. The lowest BCUT2D eigenvalue weighted by atomic mass is 10.2. The third-order valence-electron chi connectivity index (χ3n) is 1.85. The first kappa shape index (κ1) is 11.9. The lowest BCUT2D eigenvalue weighted by Gasteiger charge is -2.05. The second kappa shape index (κ2) is 5.63. The van der Waals surface area contributed by atoms with Crippen LogP contribution in [0.15, 0.2) is 23.1 Å². The van der Waals surface area contributed by atoms with Gasteiger partial charge < -0.3 is 16.6 Å². The largest absolute Gasteiger partial charge is 0.398 e. The van der Waals surface area contributed by atoms with E-state index in [4.69, 9.17) is 16.6 Å². The SMILES string of the molecule is NC(=O)c1ccc(SCCCO)c(N)c1. The van der Waals surface area contributed by atoms with Crippen LogP contribution >= 0.6 is 11.8 Å². The molecule has 0 aliphatic carbocycles. The van der Waals surface area contributed by atoms with Crippen LogP contribution in [0.1, 0.15) is 16.8 Å². The number of benzene rings is 1. The Bertz CT molecular complexity index is 355. The molecule has 82 valence electrons. The molecule has 0 bridgehead atoms. The van der Waals surface area contributed by atoms with Crippen molar-refractivity contribution >= 4 is 23.4 Å². The van der Waals surface area contributed by atoms with Crippen molar-refractivity contribution in [2.75, 3.05) is 18.1 Å². The lowest BCUT2D eigenvalue weighted by Crippen LogP contribution is -2.11. The van der Waals surface area contributed by atoms with E-state index in [2.05, 4.69) is 0 Å². The molecule has 15 heavy (non-hydrogen) atoms. The average Bonchev–Trinajstić information content (AvgIpc) is 2.20. The lowest BCUT2D eigenvalue weighted by molar-refractivity contribution is 0.100. The number of hydrogen-bond donors (Lipinski definition) is 3. The molecule has 0 saturated carbocycles. The van der Waals surface area contributed by atoms with Crippen LogP contribution < -0.4 is 11.5 Å². The van der Waals surface area contributed by atoms with E-state index in [-0.39, 0.29) is 6.61 Å². The Kier molecular flexibility index (Phi) is 4.45. The maximum atomic E-state index is 10.9. The average molecular weight is 226 g/mol. The van der Waals surface area contributed by atoms with Crippen LogP contribution in [-0.4, -0.2) is 23.4 Å². The van der Waals surface area contributed by atoms with Crippen molar-refractivity contribution in [1.82, 2.24) is 0 Å². The highest BCUT2D eigenvalue weighted by atomic mass is 32.2. The maximum absolute atomic E-state index is 10.9. The normalized spacial score (nSPS) is 10.2. The first-order valence-electron chi connectivity index (χ1n) is 4.58. The van der Waals surface area contributed by atoms with Crippen LogP contribution in [-0.2, 0) is 0 Å². The van der Waals surface area contributed by atoms with Crippen LogP contribution in [0.3, 0.4) is 0 Å². The molecule has 0 aromatic heterocycles. The summed E-state index contributed by atoms with van der Waals surface area (Å²) < 4.78 is 0. The molecule has 0 fully saturated rings. The van der Waals surface area contributed by atoms with Gasteiger partial charge in [0.1, 0.15) is 0 Å². The molecule has 1 aromatic rings. The standard InChI is InChI=1S/C10H14N2O2S/c11-8-6-7(10(12)14)2-3-9(8)15-5-1-4-13/h2-3,6,13H,1,4-5,11H2,(H2,12,14). The zero-order valence-electron chi connectivity index (χ0n) is 8.27. The van der Waals surface area contributed by atoms with Crippen molar-refractivity contribution in [3.05, 3.63) is 23.8 Å². The Morgan fingerprint density at radius 1 is 1.47 bits per heavy atom. The number of carbonyl (C=O) groups is 1. The van der Waals surface area contributed by atoms with E-state index in [0.29, 0.717) is 11.3 Å². The molecule has 0 aliphatic rings. The van der Waals surface area contributed by atoms with Gasteiger partial charge in [0.2, 0.25) is 5.91 Å². The number of hydrogen-bond acceptors (Lipinski definition) is 4. The zero-order valence-corrected chi connectivity index (χ0v) is 9.09. The molecule has 0 unspecified atom stereocenters. The predicted molar refractivity (Wildman–Crippen MR) is 61.8 cm³/mol. The summed E-state index contributed by atoms with van der Waals surface area (Å²) in [7, 11) is 0. The van der Waals surface area contributed by atoms with Gasteiger partial charge in [-0.1, -0.05) is 0 Å². The topological polar surface area (TPSA) is 89.3 Å². The molecular weight excluding hydrogens is 212 g/mol. The summed E-state index contributed by atoms with van der Waals surface area (Å²) in [5.41, 5.74) is 11.8. The van der Waals surface area contributed by atoms with Gasteiger partial charge >= 0.3 is 0 Å². The fraction of sp³-hybridized carbons (Fsp3) is 0.300. The van der Waals surface area contributed by atoms with Gasteiger partial charge in [0.15, 0.2) is 0 Å². The van der Waals surface area contributed by atoms with Crippen LogP contribution in [0.4, 0.5) is 5.69 Å². The van der Waals surface area contributed by atoms with Crippen LogP contribution in [0.25, 0.3) is 0 Å². The van der Waals surface area contributed by atoms with E-state index in [9.17, 15) is 4.79 Å². The third kappa shape index (κ3) is 3.45. The van der Waals surface area contributed by atoms with E-state index in [0.717, 1.165) is 17.1 Å². The first-order valence-corrected chi connectivity index (χ1v) is 5.56. The number of aliphatic hydroxyl groups is 1. The van der Waals surface area contributed by atoms with Gasteiger partial charge in [-0.05, 0) is 24.6 Å². The number of primary amides is 1. The fourth-order valence-corrected chi connectivity index (χ4v) is 1.96. The van der Waals surface area contributed by atoms with Crippen LogP contribution in [0.5, 0.6) is 0 Å². The number of thioether (sulfide) groups is 1. The summed E-state index contributed by atoms with van der Waals surface area (Å²) in [5.74, 6) is 0.324. The smallest absolute Gasteiger partial charge is 0.248 e. The summed E-state index contributed by atoms with van der Waals surface area (Å²) in [6.07, 6.45) is 0.724. The summed E-state index contributed by atoms with van der Waals surface area (Å²) in [5, 5.41) is 8.62. The summed E-state index contributed by atoms with van der Waals surface area (Å²) >= 11 is 1.55. The van der Waals surface area contributed by atoms with Gasteiger partial charge in [-0.25, -0.2) is 0 Å². The van der Waals surface area contributed by atoms with Crippen LogP contribution in [0, 0.1) is 0 Å². The Labute approximate surface area is 92.6 Å².